The van der Waals surface area contributed by atoms with Gasteiger partial charge < -0.3 is 9.80 Å². The minimum absolute atomic E-state index is 1.12. The van der Waals surface area contributed by atoms with Crippen molar-refractivity contribution >= 4 is 46.3 Å². The van der Waals surface area contributed by atoms with E-state index in [0.717, 1.165) is 39.6 Å². The quantitative estimate of drug-likeness (QED) is 0.144. The predicted molar refractivity (Wildman–Crippen MR) is 216 cm³/mol. The largest absolute Gasteiger partial charge is 0.311 e. The summed E-state index contributed by atoms with van der Waals surface area (Å²) >= 11 is 0. The zero-order valence-electron chi connectivity index (χ0n) is 29.2. The molecule has 0 amide bonds. The predicted octanol–water partition coefficient (Wildman–Crippen LogP) is 13.7. The summed E-state index contributed by atoms with van der Waals surface area (Å²) in [6.45, 7) is 8.58. The Labute approximate surface area is 297 Å². The molecule has 7 aromatic carbocycles. The molecule has 0 bridgehead atoms. The number of nitrogens with zero attached hydrogens (tertiary/aromatic N) is 2. The Bertz CT molecular complexity index is 2170. The molecule has 0 radical (unpaired) electrons. The van der Waals surface area contributed by atoms with Gasteiger partial charge in [0.1, 0.15) is 0 Å². The molecule has 0 fully saturated rings. The maximum atomic E-state index is 2.33. The average Bonchev–Trinajstić information content (AvgIpc) is 3.14. The fourth-order valence-electron chi connectivity index (χ4n) is 6.46. The SMILES string of the molecule is Cc1ccc(N(c2ccc(C=Cc3ccc(N(c4ccc(C)cc4)c4cc(C)cc(C)c4)cc3)cc2)c2ccc(-c3ccccc3)cc2)cc1. The molecule has 0 aliphatic heterocycles. The number of hydrogen-bond acceptors (Lipinski definition) is 2. The first-order valence-corrected chi connectivity index (χ1v) is 17.3. The monoisotopic (exact) mass is 646 g/mol. The number of aryl methyl sites for hydroxylation is 4. The second-order valence-electron chi connectivity index (χ2n) is 13.1. The highest BCUT2D eigenvalue weighted by atomic mass is 15.1. The van der Waals surface area contributed by atoms with E-state index >= 15 is 0 Å². The fraction of sp³-hybridized carbons (Fsp3) is 0.0833. The molecule has 0 atom stereocenters. The van der Waals surface area contributed by atoms with Gasteiger partial charge in [0.15, 0.2) is 0 Å². The first-order valence-electron chi connectivity index (χ1n) is 17.3. The lowest BCUT2D eigenvalue weighted by Crippen LogP contribution is -2.10. The van der Waals surface area contributed by atoms with Gasteiger partial charge in [0.05, 0.1) is 0 Å². The van der Waals surface area contributed by atoms with Gasteiger partial charge in [-0.1, -0.05) is 120 Å². The highest BCUT2D eigenvalue weighted by Crippen LogP contribution is 2.37. The molecule has 0 aliphatic carbocycles. The minimum atomic E-state index is 1.12. The maximum Gasteiger partial charge on any atom is 0.0466 e. The van der Waals surface area contributed by atoms with E-state index in [1.165, 1.54) is 39.1 Å². The molecule has 0 saturated heterocycles. The maximum absolute atomic E-state index is 2.33. The highest BCUT2D eigenvalue weighted by Gasteiger charge is 2.14. The van der Waals surface area contributed by atoms with Gasteiger partial charge in [0.25, 0.3) is 0 Å². The van der Waals surface area contributed by atoms with Crippen molar-refractivity contribution in [2.45, 2.75) is 27.7 Å². The lowest BCUT2D eigenvalue weighted by molar-refractivity contribution is 1.25. The van der Waals surface area contributed by atoms with Crippen LogP contribution in [0.5, 0.6) is 0 Å². The molecule has 0 heterocycles. The van der Waals surface area contributed by atoms with Crippen molar-refractivity contribution in [3.63, 3.8) is 0 Å². The summed E-state index contributed by atoms with van der Waals surface area (Å²) in [5, 5.41) is 0. The third kappa shape index (κ3) is 7.46. The van der Waals surface area contributed by atoms with Crippen LogP contribution in [0.15, 0.2) is 170 Å². The van der Waals surface area contributed by atoms with Crippen LogP contribution < -0.4 is 9.80 Å². The Hall–Kier alpha value is -6.12. The standard InChI is InChI=1S/C48H42N2/c1-35-10-22-43(23-11-35)49(47-30-20-42(21-31-47)41-8-6-5-7-9-41)45-26-16-39(17-27-45)14-15-40-18-28-46(29-19-40)50(44-24-12-36(2)13-25-44)48-33-37(3)32-38(4)34-48/h5-34H,1-4H3. The van der Waals surface area contributed by atoms with Crippen LogP contribution in [0.3, 0.4) is 0 Å². The lowest BCUT2D eigenvalue weighted by Gasteiger charge is -2.26. The highest BCUT2D eigenvalue weighted by molar-refractivity contribution is 5.81. The van der Waals surface area contributed by atoms with Crippen LogP contribution in [0, 0.1) is 27.7 Å². The molecule has 0 unspecified atom stereocenters. The smallest absolute Gasteiger partial charge is 0.0466 e. The molecule has 244 valence electrons. The molecule has 7 aromatic rings. The van der Waals surface area contributed by atoms with Crippen LogP contribution in [0.2, 0.25) is 0 Å². The van der Waals surface area contributed by atoms with Crippen molar-refractivity contribution in [1.82, 2.24) is 0 Å². The molecule has 0 spiro atoms. The first-order chi connectivity index (χ1) is 24.4. The Morgan fingerprint density at radius 1 is 0.300 bits per heavy atom. The number of hydrogen-bond donors (Lipinski definition) is 0. The summed E-state index contributed by atoms with van der Waals surface area (Å²) in [4.78, 5) is 4.65. The van der Waals surface area contributed by atoms with Crippen LogP contribution in [0.25, 0.3) is 23.3 Å². The van der Waals surface area contributed by atoms with E-state index < -0.39 is 0 Å². The Balaban J connectivity index is 1.13. The third-order valence-corrected chi connectivity index (χ3v) is 9.05. The van der Waals surface area contributed by atoms with Crippen molar-refractivity contribution in [1.29, 1.82) is 0 Å². The summed E-state index contributed by atoms with van der Waals surface area (Å²) in [5.41, 5.74) is 16.6. The van der Waals surface area contributed by atoms with Gasteiger partial charge in [0, 0.05) is 34.1 Å². The normalized spacial score (nSPS) is 11.1. The lowest BCUT2D eigenvalue weighted by atomic mass is 10.0. The first kappa shape index (κ1) is 32.4. The molecule has 0 aromatic heterocycles. The molecule has 50 heavy (non-hydrogen) atoms. The van der Waals surface area contributed by atoms with Crippen molar-refractivity contribution in [3.8, 4) is 11.1 Å². The van der Waals surface area contributed by atoms with Crippen LogP contribution in [0.4, 0.5) is 34.1 Å². The number of benzene rings is 7. The summed E-state index contributed by atoms with van der Waals surface area (Å²) in [6, 6.07) is 61.2. The van der Waals surface area contributed by atoms with Gasteiger partial charge in [-0.25, -0.2) is 0 Å². The van der Waals surface area contributed by atoms with Crippen LogP contribution in [0.1, 0.15) is 33.4 Å². The Kier molecular flexibility index (Phi) is 9.44. The van der Waals surface area contributed by atoms with E-state index in [4.69, 9.17) is 0 Å². The summed E-state index contributed by atoms with van der Waals surface area (Å²) < 4.78 is 0. The van der Waals surface area contributed by atoms with E-state index in [-0.39, 0.29) is 0 Å². The van der Waals surface area contributed by atoms with Gasteiger partial charge >= 0.3 is 0 Å². The van der Waals surface area contributed by atoms with Crippen molar-refractivity contribution in [3.05, 3.63) is 203 Å². The van der Waals surface area contributed by atoms with E-state index in [2.05, 4.69) is 220 Å². The second-order valence-corrected chi connectivity index (χ2v) is 13.1. The summed E-state index contributed by atoms with van der Waals surface area (Å²) in [6.07, 6.45) is 4.37. The van der Waals surface area contributed by atoms with Crippen LogP contribution >= 0.6 is 0 Å². The molecule has 2 nitrogen and oxygen atoms in total. The van der Waals surface area contributed by atoms with E-state index in [1.54, 1.807) is 0 Å². The van der Waals surface area contributed by atoms with Crippen LogP contribution in [-0.2, 0) is 0 Å². The molecule has 7 rings (SSSR count). The van der Waals surface area contributed by atoms with Gasteiger partial charge in [-0.3, -0.25) is 0 Å². The van der Waals surface area contributed by atoms with Crippen LogP contribution in [-0.4, -0.2) is 0 Å². The molecule has 0 N–H and O–H groups in total. The van der Waals surface area contributed by atoms with Crippen molar-refractivity contribution < 1.29 is 0 Å². The zero-order valence-corrected chi connectivity index (χ0v) is 29.2. The Morgan fingerprint density at radius 2 is 0.640 bits per heavy atom. The molecule has 0 aliphatic rings. The molecular formula is C48H42N2. The summed E-state index contributed by atoms with van der Waals surface area (Å²) in [5.74, 6) is 0. The topological polar surface area (TPSA) is 6.48 Å². The molecule has 0 saturated carbocycles. The number of rotatable bonds is 9. The Morgan fingerprint density at radius 3 is 1.06 bits per heavy atom. The van der Waals surface area contributed by atoms with Gasteiger partial charge in [-0.15, -0.1) is 0 Å². The van der Waals surface area contributed by atoms with E-state index in [9.17, 15) is 0 Å². The number of anilines is 6. The van der Waals surface area contributed by atoms with Gasteiger partial charge in [0.2, 0.25) is 0 Å². The van der Waals surface area contributed by atoms with Gasteiger partial charge in [-0.05, 0) is 134 Å². The summed E-state index contributed by atoms with van der Waals surface area (Å²) in [7, 11) is 0. The van der Waals surface area contributed by atoms with E-state index in [0.29, 0.717) is 0 Å². The van der Waals surface area contributed by atoms with E-state index in [1.807, 2.05) is 0 Å². The second kappa shape index (κ2) is 14.6. The van der Waals surface area contributed by atoms with Crippen molar-refractivity contribution in [2.75, 3.05) is 9.80 Å². The molecular weight excluding hydrogens is 605 g/mol. The fourth-order valence-corrected chi connectivity index (χ4v) is 6.46. The van der Waals surface area contributed by atoms with Crippen molar-refractivity contribution in [2.24, 2.45) is 0 Å². The molecule has 2 heteroatoms. The third-order valence-electron chi connectivity index (χ3n) is 9.05. The van der Waals surface area contributed by atoms with Gasteiger partial charge in [-0.2, -0.15) is 0 Å². The average molecular weight is 647 g/mol. The zero-order chi connectivity index (χ0) is 34.5. The minimum Gasteiger partial charge on any atom is -0.311 e.